The van der Waals surface area contributed by atoms with Crippen molar-refractivity contribution in [2.45, 2.75) is 134 Å². The number of aryl methyl sites for hydroxylation is 1. The van der Waals surface area contributed by atoms with Crippen LogP contribution in [-0.2, 0) is 46.3 Å². The van der Waals surface area contributed by atoms with Crippen LogP contribution >= 0.6 is 0 Å². The van der Waals surface area contributed by atoms with Crippen LogP contribution in [-0.4, -0.2) is 90.4 Å². The Morgan fingerprint density at radius 3 is 2.02 bits per heavy atom. The molecule has 54 heavy (non-hydrogen) atoms. The van der Waals surface area contributed by atoms with E-state index < -0.39 is 89.3 Å². The third-order valence-corrected chi connectivity index (χ3v) is 16.5. The van der Waals surface area contributed by atoms with Gasteiger partial charge in [0.05, 0.1) is 11.6 Å². The first-order valence-corrected chi connectivity index (χ1v) is 21.8. The van der Waals surface area contributed by atoms with Crippen molar-refractivity contribution >= 4 is 43.7 Å². The van der Waals surface area contributed by atoms with Crippen LogP contribution in [0.2, 0.25) is 0 Å². The van der Waals surface area contributed by atoms with Gasteiger partial charge < -0.3 is 20.1 Å². The van der Waals surface area contributed by atoms with Crippen LogP contribution in [0.5, 0.6) is 0 Å². The fraction of sp³-hybridized carbons (Fsp3) is 0.757. The van der Waals surface area contributed by atoms with Gasteiger partial charge >= 0.3 is 0 Å². The zero-order chi connectivity index (χ0) is 40.2. The highest BCUT2D eigenvalue weighted by Gasteiger charge is 2.85. The molecule has 4 amide bonds. The molecule has 2 heterocycles. The Morgan fingerprint density at radius 2 is 1.57 bits per heavy atom. The molecule has 4 N–H and O–H groups in total. The number of hydrogen-bond donors (Lipinski definition) is 4. The fourth-order valence-electron chi connectivity index (χ4n) is 9.49. The molecule has 0 aromatic carbocycles. The number of likely N-dealkylation sites (tertiary alicyclic amines) is 1. The molecule has 6 atom stereocenters. The maximum absolute atomic E-state index is 15.0. The Kier molecular flexibility index (Phi) is 9.42. The summed E-state index contributed by atoms with van der Waals surface area (Å²) in [5.74, 6) is -3.11. The van der Waals surface area contributed by atoms with Gasteiger partial charge in [-0.2, -0.15) is 4.72 Å². The molecule has 4 aliphatic carbocycles. The summed E-state index contributed by atoms with van der Waals surface area (Å²) in [7, 11) is -6.50. The second-order valence-corrected chi connectivity index (χ2v) is 22.7. The summed E-state index contributed by atoms with van der Waals surface area (Å²) in [5, 5.41) is 4.86. The molecule has 5 aliphatic rings. The normalized spacial score (nSPS) is 29.5. The minimum atomic E-state index is -4.23. The summed E-state index contributed by atoms with van der Waals surface area (Å²) in [6.07, 6.45) is 8.58. The summed E-state index contributed by atoms with van der Waals surface area (Å²) in [6.45, 7) is 18.9. The van der Waals surface area contributed by atoms with Crippen molar-refractivity contribution < 1.29 is 36.0 Å². The van der Waals surface area contributed by atoms with Crippen molar-refractivity contribution in [3.8, 4) is 0 Å². The summed E-state index contributed by atoms with van der Waals surface area (Å²) in [6, 6.07) is -3.50. The molecular formula is C37H57N7O8S2. The molecule has 4 saturated carbocycles. The van der Waals surface area contributed by atoms with Crippen molar-refractivity contribution in [3.05, 3.63) is 25.2 Å². The average Bonchev–Trinajstić information content (AvgIpc) is 3.95. The molecule has 1 aliphatic heterocycles. The minimum Gasteiger partial charge on any atom is -0.342 e. The second-order valence-electron chi connectivity index (χ2n) is 19.1. The lowest BCUT2D eigenvalue weighted by Crippen LogP contribution is -2.63. The van der Waals surface area contributed by atoms with Gasteiger partial charge in [-0.25, -0.2) is 21.8 Å². The van der Waals surface area contributed by atoms with E-state index in [4.69, 9.17) is 0 Å². The van der Waals surface area contributed by atoms with E-state index in [0.717, 1.165) is 19.3 Å². The number of hydrogen-bond acceptors (Lipinski definition) is 9. The summed E-state index contributed by atoms with van der Waals surface area (Å²) in [4.78, 5) is 62.7. The van der Waals surface area contributed by atoms with Gasteiger partial charge in [0.2, 0.25) is 27.7 Å². The predicted octanol–water partition coefficient (Wildman–Crippen LogP) is 2.11. The maximum atomic E-state index is 15.0. The summed E-state index contributed by atoms with van der Waals surface area (Å²) >= 11 is 0. The smallest absolute Gasteiger partial charge is 0.260 e. The number of nitrogens with one attached hydrogen (secondary N) is 4. The number of sulfonamides is 2. The summed E-state index contributed by atoms with van der Waals surface area (Å²) < 4.78 is 58.4. The van der Waals surface area contributed by atoms with Crippen molar-refractivity contribution in [1.82, 2.24) is 34.5 Å². The number of carbonyl (C=O) groups excluding carboxylic acids is 4. The highest BCUT2D eigenvalue weighted by Crippen LogP contribution is 2.88. The van der Waals surface area contributed by atoms with Crippen molar-refractivity contribution in [3.63, 3.8) is 0 Å². The van der Waals surface area contributed by atoms with Crippen molar-refractivity contribution in [2.24, 2.45) is 40.0 Å². The van der Waals surface area contributed by atoms with E-state index in [9.17, 15) is 36.0 Å². The van der Waals surface area contributed by atoms with E-state index in [2.05, 4.69) is 45.5 Å². The van der Waals surface area contributed by atoms with E-state index in [1.54, 1.807) is 48.6 Å². The van der Waals surface area contributed by atoms with Crippen LogP contribution in [0.1, 0.15) is 100 Å². The van der Waals surface area contributed by atoms with E-state index in [0.29, 0.717) is 19.3 Å². The second kappa shape index (κ2) is 12.6. The summed E-state index contributed by atoms with van der Waals surface area (Å²) in [5.41, 5.74) is -3.99. The standard InChI is InChI=1S/C37H57N7O8S2/c1-11-22-17-37(22,31(48)42-53(49,50)23-13-14-23)40-28(45)24-18-36(34(8,9)35(36)15-12-16-35)20-44(24)30(47)27(33(5,6)7)39-29(46)26(32(2,3)4)41-54(51,52)25-19-43(10)21-38-25/h11,19,21-24,26-27,41H,1,12-18,20H2,2-10H3,(H,39,46)(H,40,45)(H,42,48)/t22-,24+,26-,27-,36-,37-/m1/s1. The molecule has 300 valence electrons. The molecule has 2 spiro atoms. The van der Waals surface area contributed by atoms with Crippen LogP contribution in [0.15, 0.2) is 30.2 Å². The van der Waals surface area contributed by atoms with Crippen molar-refractivity contribution in [2.75, 3.05) is 6.54 Å². The zero-order valence-corrected chi connectivity index (χ0v) is 34.5. The lowest BCUT2D eigenvalue weighted by Gasteiger charge is -2.38. The Bertz CT molecular complexity index is 1990. The Hall–Kier alpha value is -3.31. The van der Waals surface area contributed by atoms with Crippen molar-refractivity contribution in [1.29, 1.82) is 0 Å². The molecule has 5 fully saturated rings. The molecule has 15 nitrogen and oxygen atoms in total. The molecular weight excluding hydrogens is 735 g/mol. The number of nitrogens with zero attached hydrogens (tertiary/aromatic N) is 3. The molecule has 1 aromatic heterocycles. The molecule has 1 aromatic rings. The van der Waals surface area contributed by atoms with Gasteiger partial charge in [-0.1, -0.05) is 67.9 Å². The van der Waals surface area contributed by atoms with Crippen LogP contribution in [0, 0.1) is 33.0 Å². The Morgan fingerprint density at radius 1 is 0.963 bits per heavy atom. The molecule has 0 bridgehead atoms. The van der Waals surface area contributed by atoms with Gasteiger partial charge in [0.25, 0.3) is 15.9 Å². The largest absolute Gasteiger partial charge is 0.342 e. The van der Waals surface area contributed by atoms with E-state index in [1.165, 1.54) is 28.1 Å². The van der Waals surface area contributed by atoms with Crippen LogP contribution in [0.25, 0.3) is 0 Å². The van der Waals surface area contributed by atoms with Gasteiger partial charge in [-0.15, -0.1) is 6.58 Å². The van der Waals surface area contributed by atoms with Crippen LogP contribution in [0.4, 0.5) is 0 Å². The molecule has 6 rings (SSSR count). The zero-order valence-electron chi connectivity index (χ0n) is 32.9. The number of imidazole rings is 1. The highest BCUT2D eigenvalue weighted by atomic mass is 32.2. The third kappa shape index (κ3) is 6.39. The van der Waals surface area contributed by atoms with E-state index >= 15 is 0 Å². The molecule has 17 heteroatoms. The maximum Gasteiger partial charge on any atom is 0.260 e. The van der Waals surface area contributed by atoms with Crippen LogP contribution in [0.3, 0.4) is 0 Å². The monoisotopic (exact) mass is 791 g/mol. The third-order valence-electron chi connectivity index (χ3n) is 13.4. The van der Waals surface area contributed by atoms with Gasteiger partial charge in [-0.05, 0) is 60.2 Å². The van der Waals surface area contributed by atoms with E-state index in [-0.39, 0.29) is 34.2 Å². The van der Waals surface area contributed by atoms with Gasteiger partial charge in [0.15, 0.2) is 5.03 Å². The first-order chi connectivity index (χ1) is 24.7. The Balaban J connectivity index is 1.30. The molecule has 0 unspecified atom stereocenters. The quantitative estimate of drug-likeness (QED) is 0.229. The fourth-order valence-corrected chi connectivity index (χ4v) is 12.2. The topological polar surface area (TPSA) is 206 Å². The SMILES string of the molecule is C=C[C@@H]1C[C@]1(NC(=O)[C@@H]1C[C@@]2(CN1C(=O)[C@@H](NC(=O)[C@@H](NS(=O)(=O)c1cn(C)cn1)C(C)(C)C)C(C)(C)C)C(C)(C)C21CCC1)C(=O)NS(=O)(=O)C1CC1. The average molecular weight is 792 g/mol. The number of amides is 4. The molecule has 0 radical (unpaired) electrons. The first-order valence-electron chi connectivity index (χ1n) is 18.8. The van der Waals surface area contributed by atoms with Crippen LogP contribution < -0.4 is 20.1 Å². The predicted molar refractivity (Wildman–Crippen MR) is 200 cm³/mol. The lowest BCUT2D eigenvalue weighted by molar-refractivity contribution is -0.145. The molecule has 1 saturated heterocycles. The number of aromatic nitrogens is 2. The van der Waals surface area contributed by atoms with Gasteiger partial charge in [-0.3, -0.25) is 23.9 Å². The highest BCUT2D eigenvalue weighted by molar-refractivity contribution is 7.91. The Labute approximate surface area is 319 Å². The van der Waals surface area contributed by atoms with Gasteiger partial charge in [0, 0.05) is 31.1 Å². The first kappa shape index (κ1) is 40.4. The lowest BCUT2D eigenvalue weighted by atomic mass is 9.73. The number of rotatable bonds is 12. The number of carbonyl (C=O) groups is 4. The van der Waals surface area contributed by atoms with Gasteiger partial charge in [0.1, 0.15) is 23.7 Å². The van der Waals surface area contributed by atoms with E-state index in [1.807, 2.05) is 0 Å². The number of fused-ring (bicyclic) bond motifs is 1. The minimum absolute atomic E-state index is 0.0637.